The number of alkyl halides is 3. The molecule has 3 N–H and O–H groups in total. The first-order valence-electron chi connectivity index (χ1n) is 19.0. The van der Waals surface area contributed by atoms with Gasteiger partial charge in [0.05, 0.1) is 22.9 Å². The molecule has 18 heteroatoms. The quantitative estimate of drug-likeness (QED) is 0.267. The van der Waals surface area contributed by atoms with E-state index in [1.807, 2.05) is 31.3 Å². The van der Waals surface area contributed by atoms with Crippen molar-refractivity contribution in [2.45, 2.75) is 76.0 Å². The summed E-state index contributed by atoms with van der Waals surface area (Å²) < 4.78 is 58.2. The zero-order valence-electron chi connectivity index (χ0n) is 31.6. The normalized spacial score (nSPS) is 21.1. The van der Waals surface area contributed by atoms with E-state index in [9.17, 15) is 32.3 Å². The van der Waals surface area contributed by atoms with Crippen LogP contribution in [0.1, 0.15) is 49.3 Å². The Morgan fingerprint density at radius 2 is 1.64 bits per heavy atom. The van der Waals surface area contributed by atoms with Crippen molar-refractivity contribution in [2.24, 2.45) is 0 Å². The molecule has 3 fully saturated rings. The number of piperazine rings is 1. The molecule has 6 rings (SSSR count). The van der Waals surface area contributed by atoms with Gasteiger partial charge in [-0.2, -0.15) is 13.2 Å². The number of urea groups is 1. The number of nitrogens with two attached hydrogens (primary N) is 1. The molecule has 0 spiro atoms. The molecule has 0 aromatic heterocycles. The molecule has 4 aliphatic rings. The van der Waals surface area contributed by atoms with Crippen LogP contribution in [0.3, 0.4) is 0 Å². The molecule has 0 saturated carbocycles. The Morgan fingerprint density at radius 3 is 2.34 bits per heavy atom. The Balaban J connectivity index is 1.13. The maximum Gasteiger partial charge on any atom is 0.509 e. The zero-order valence-corrected chi connectivity index (χ0v) is 32.3. The highest BCUT2D eigenvalue weighted by molar-refractivity contribution is 6.33. The van der Waals surface area contributed by atoms with Gasteiger partial charge in [0.15, 0.2) is 12.3 Å². The number of carbonyl (C=O) groups excluding carboxylic acids is 4. The summed E-state index contributed by atoms with van der Waals surface area (Å²) >= 11 is 6.13. The number of nitrogens with one attached hydrogen (secondary N) is 1. The Kier molecular flexibility index (Phi) is 13.1. The average Bonchev–Trinajstić information content (AvgIpc) is 3.33. The molecule has 0 radical (unpaired) electrons. The molecule has 4 amide bonds. The van der Waals surface area contributed by atoms with E-state index in [1.54, 1.807) is 16.7 Å². The second kappa shape index (κ2) is 17.8. The number of nitrogens with zero attached hydrogens (tertiary/aromatic N) is 5. The molecular formula is C38H49ClF3N7O7. The first-order valence-corrected chi connectivity index (χ1v) is 19.4. The number of likely N-dealkylation sites (N-methyl/N-ethyl adjacent to an activating group) is 1. The van der Waals surface area contributed by atoms with Crippen LogP contribution < -0.4 is 11.1 Å². The van der Waals surface area contributed by atoms with Crippen molar-refractivity contribution in [3.8, 4) is 0 Å². The van der Waals surface area contributed by atoms with Gasteiger partial charge < -0.3 is 44.9 Å². The first kappa shape index (κ1) is 41.2. The lowest BCUT2D eigenvalue weighted by Crippen LogP contribution is -2.59. The summed E-state index contributed by atoms with van der Waals surface area (Å²) in [5.74, 6) is -0.549. The van der Waals surface area contributed by atoms with Gasteiger partial charge in [-0.1, -0.05) is 29.8 Å². The highest BCUT2D eigenvalue weighted by atomic mass is 35.5. The minimum atomic E-state index is -4.81. The highest BCUT2D eigenvalue weighted by Crippen LogP contribution is 2.38. The number of nitrogen functional groups attached to an aromatic ring is 1. The third kappa shape index (κ3) is 9.72. The van der Waals surface area contributed by atoms with Crippen molar-refractivity contribution in [3.63, 3.8) is 0 Å². The lowest BCUT2D eigenvalue weighted by Gasteiger charge is -2.46. The molecule has 0 aliphatic carbocycles. The number of ether oxygens (including phenoxy) is 3. The minimum Gasteiger partial charge on any atom is -0.436 e. The van der Waals surface area contributed by atoms with Gasteiger partial charge in [-0.05, 0) is 75.4 Å². The van der Waals surface area contributed by atoms with E-state index in [0.717, 1.165) is 23.9 Å². The third-order valence-corrected chi connectivity index (χ3v) is 11.4. The number of hydrogen-bond acceptors (Lipinski definition) is 10. The fourth-order valence-electron chi connectivity index (χ4n) is 8.01. The molecule has 14 nitrogen and oxygen atoms in total. The van der Waals surface area contributed by atoms with Crippen molar-refractivity contribution >= 4 is 47.2 Å². The highest BCUT2D eigenvalue weighted by Gasteiger charge is 2.40. The number of piperidine rings is 2. The fourth-order valence-corrected chi connectivity index (χ4v) is 8.26. The average molecular weight is 808 g/mol. The van der Waals surface area contributed by atoms with Gasteiger partial charge >= 0.3 is 24.5 Å². The van der Waals surface area contributed by atoms with Crippen LogP contribution in [-0.2, 0) is 38.0 Å². The van der Waals surface area contributed by atoms with Crippen LogP contribution in [-0.4, -0.2) is 139 Å². The molecule has 3 saturated heterocycles. The predicted molar refractivity (Wildman–Crippen MR) is 201 cm³/mol. The van der Waals surface area contributed by atoms with Gasteiger partial charge in [-0.15, -0.1) is 0 Å². The summed E-state index contributed by atoms with van der Waals surface area (Å²) in [6.45, 7) is 5.31. The minimum absolute atomic E-state index is 0.0276. The van der Waals surface area contributed by atoms with E-state index >= 15 is 0 Å². The van der Waals surface area contributed by atoms with Crippen molar-refractivity contribution < 1.29 is 46.6 Å². The van der Waals surface area contributed by atoms with Crippen molar-refractivity contribution in [2.75, 3.05) is 77.1 Å². The van der Waals surface area contributed by atoms with Gasteiger partial charge in [0.25, 0.3) is 5.91 Å². The van der Waals surface area contributed by atoms with E-state index < -0.39 is 47.9 Å². The monoisotopic (exact) mass is 807 g/mol. The number of anilines is 2. The molecule has 0 unspecified atom stereocenters. The van der Waals surface area contributed by atoms with Crippen molar-refractivity contribution in [3.05, 3.63) is 58.1 Å². The van der Waals surface area contributed by atoms with Crippen LogP contribution >= 0.6 is 11.6 Å². The molecular weight excluding hydrogens is 759 g/mol. The van der Waals surface area contributed by atoms with E-state index in [-0.39, 0.29) is 67.9 Å². The van der Waals surface area contributed by atoms with E-state index in [0.29, 0.717) is 51.7 Å². The number of carbonyl (C=O) groups is 4. The largest absolute Gasteiger partial charge is 0.509 e. The molecule has 2 atom stereocenters. The van der Waals surface area contributed by atoms with Crippen molar-refractivity contribution in [1.82, 2.24) is 24.5 Å². The van der Waals surface area contributed by atoms with Crippen LogP contribution in [0.2, 0.25) is 5.02 Å². The number of hydrogen-bond donors (Lipinski definition) is 2. The number of benzene rings is 2. The van der Waals surface area contributed by atoms with Gasteiger partial charge in [0.1, 0.15) is 0 Å². The fraction of sp³-hybridized carbons (Fsp3) is 0.579. The maximum atomic E-state index is 14.2. The van der Waals surface area contributed by atoms with E-state index in [2.05, 4.69) is 15.1 Å². The van der Waals surface area contributed by atoms with E-state index in [1.165, 1.54) is 11.0 Å². The van der Waals surface area contributed by atoms with Gasteiger partial charge in [-0.25, -0.2) is 14.4 Å². The molecule has 56 heavy (non-hydrogen) atoms. The van der Waals surface area contributed by atoms with Gasteiger partial charge in [-0.3, -0.25) is 9.69 Å². The van der Waals surface area contributed by atoms with Crippen LogP contribution in [0.4, 0.5) is 38.9 Å². The molecule has 0 bridgehead atoms. The summed E-state index contributed by atoms with van der Waals surface area (Å²) in [4.78, 5) is 62.1. The van der Waals surface area contributed by atoms with Crippen LogP contribution in [0.25, 0.3) is 0 Å². The van der Waals surface area contributed by atoms with Gasteiger partial charge in [0.2, 0.25) is 0 Å². The third-order valence-electron chi connectivity index (χ3n) is 11.1. The van der Waals surface area contributed by atoms with Crippen LogP contribution in [0, 0.1) is 0 Å². The Bertz CT molecular complexity index is 1750. The second-order valence-electron chi connectivity index (χ2n) is 14.7. The number of fused-ring (bicyclic) bond motifs is 1. The zero-order chi connectivity index (χ0) is 40.1. The number of likely N-dealkylation sites (tertiary alicyclic amines) is 2. The summed E-state index contributed by atoms with van der Waals surface area (Å²) in [7, 11) is 1.93. The van der Waals surface area contributed by atoms with Crippen molar-refractivity contribution in [1.29, 1.82) is 0 Å². The van der Waals surface area contributed by atoms with Crippen LogP contribution in [0.5, 0.6) is 0 Å². The summed E-state index contributed by atoms with van der Waals surface area (Å²) in [6.07, 6.45) is -6.04. The Morgan fingerprint density at radius 1 is 0.964 bits per heavy atom. The number of rotatable bonds is 8. The Hall–Kier alpha value is -4.48. The number of para-hydroxylation sites is 1. The van der Waals surface area contributed by atoms with Crippen LogP contribution in [0.15, 0.2) is 36.4 Å². The number of halogens is 4. The summed E-state index contributed by atoms with van der Waals surface area (Å²) in [5, 5.41) is 2.65. The summed E-state index contributed by atoms with van der Waals surface area (Å²) in [6, 6.07) is 9.35. The first-order chi connectivity index (χ1) is 26.7. The molecule has 4 aliphatic heterocycles. The second-order valence-corrected chi connectivity index (χ2v) is 15.1. The van der Waals surface area contributed by atoms with E-state index in [4.69, 9.17) is 31.5 Å². The SMILES string of the molecule is CCOC(=O)O[C@H]1CN(C)CCN1C1CCN(C(=O)[C@@H](Cc2cc(Cl)c(N)c(C(F)(F)F)c2)OC(=O)N2CCC(N3CCc4ccccc4NC3=O)CC2)CC1. The lowest BCUT2D eigenvalue weighted by molar-refractivity contribution is -0.144. The topological polar surface area (TPSA) is 150 Å². The molecule has 2 aromatic rings. The van der Waals surface area contributed by atoms with Gasteiger partial charge in [0, 0.05) is 76.5 Å². The number of amides is 4. The predicted octanol–water partition coefficient (Wildman–Crippen LogP) is 5.28. The molecule has 2 aromatic carbocycles. The standard InChI is InChI=1S/C38H49ClF3N7O7/c1-3-54-37(53)56-32-23-45(2)18-19-48(32)26-9-13-46(14-10-26)34(50)31(22-24-20-28(38(40,41)42)33(43)29(39)21-24)55-36(52)47-15-11-27(12-16-47)49-17-8-25-6-4-5-7-30(25)44-35(49)51/h4-7,20-21,26-27,31-32H,3,8-19,22-23,43H2,1-2H3,(H,44,51)/t31-,32+/m1/s1. The Labute approximate surface area is 328 Å². The smallest absolute Gasteiger partial charge is 0.436 e. The summed E-state index contributed by atoms with van der Waals surface area (Å²) in [5.41, 5.74) is 5.74. The lowest BCUT2D eigenvalue weighted by atomic mass is 9.99. The molecule has 4 heterocycles. The molecule has 306 valence electrons. The maximum absolute atomic E-state index is 14.2.